The summed E-state index contributed by atoms with van der Waals surface area (Å²) in [5.41, 5.74) is 1.74. The number of halogens is 1. The Labute approximate surface area is 125 Å². The lowest BCUT2D eigenvalue weighted by Crippen LogP contribution is -2.20. The number of hydrogen-bond donors (Lipinski definition) is 3. The standard InChI is InChI=1S/C13H13ClN4O3/c1-8-3-2-4-10(14)12(8)17-13(21)16-9-5-15-18(6-9)7-11(19)20/h2-6H,7H2,1H3,(H,19,20)(H2,16,17,21). The zero-order valence-corrected chi connectivity index (χ0v) is 11.9. The molecular weight excluding hydrogens is 296 g/mol. The van der Waals surface area contributed by atoms with E-state index >= 15 is 0 Å². The number of urea groups is 1. The molecule has 3 N–H and O–H groups in total. The van der Waals surface area contributed by atoms with Gasteiger partial charge < -0.3 is 15.7 Å². The summed E-state index contributed by atoms with van der Waals surface area (Å²) in [4.78, 5) is 22.4. The van der Waals surface area contributed by atoms with Crippen LogP contribution in [0.2, 0.25) is 5.02 Å². The quantitative estimate of drug-likeness (QED) is 0.808. The van der Waals surface area contributed by atoms with Crippen LogP contribution in [0.25, 0.3) is 0 Å². The molecule has 2 aromatic rings. The van der Waals surface area contributed by atoms with Gasteiger partial charge in [-0.05, 0) is 18.6 Å². The van der Waals surface area contributed by atoms with Crippen molar-refractivity contribution in [3.63, 3.8) is 0 Å². The Morgan fingerprint density at radius 2 is 2.14 bits per heavy atom. The maximum atomic E-state index is 11.9. The van der Waals surface area contributed by atoms with Gasteiger partial charge >= 0.3 is 12.0 Å². The number of carbonyl (C=O) groups is 2. The molecule has 0 aliphatic carbocycles. The third-order valence-electron chi connectivity index (χ3n) is 2.65. The SMILES string of the molecule is Cc1cccc(Cl)c1NC(=O)Nc1cnn(CC(=O)O)c1. The van der Waals surface area contributed by atoms with Crippen LogP contribution in [0.15, 0.2) is 30.6 Å². The van der Waals surface area contributed by atoms with Crippen molar-refractivity contribution in [2.45, 2.75) is 13.5 Å². The summed E-state index contributed by atoms with van der Waals surface area (Å²) in [6.45, 7) is 1.55. The predicted molar refractivity (Wildman–Crippen MR) is 78.7 cm³/mol. The molecule has 1 aromatic carbocycles. The number of amides is 2. The number of rotatable bonds is 4. The zero-order valence-electron chi connectivity index (χ0n) is 11.1. The lowest BCUT2D eigenvalue weighted by atomic mass is 10.2. The van der Waals surface area contributed by atoms with Crippen LogP contribution in [0.3, 0.4) is 0 Å². The minimum atomic E-state index is -1.01. The lowest BCUT2D eigenvalue weighted by Gasteiger charge is -2.10. The van der Waals surface area contributed by atoms with E-state index < -0.39 is 12.0 Å². The Morgan fingerprint density at radius 3 is 2.81 bits per heavy atom. The van der Waals surface area contributed by atoms with Crippen LogP contribution in [0, 0.1) is 6.92 Å². The maximum absolute atomic E-state index is 11.9. The summed E-state index contributed by atoms with van der Waals surface area (Å²) in [6, 6.07) is 4.80. The molecule has 0 aliphatic rings. The van der Waals surface area contributed by atoms with Crippen LogP contribution in [-0.4, -0.2) is 26.9 Å². The molecule has 21 heavy (non-hydrogen) atoms. The molecule has 0 fully saturated rings. The van der Waals surface area contributed by atoms with Crippen molar-refractivity contribution < 1.29 is 14.7 Å². The second kappa shape index (κ2) is 6.27. The van der Waals surface area contributed by atoms with E-state index in [9.17, 15) is 9.59 Å². The second-order valence-electron chi connectivity index (χ2n) is 4.33. The van der Waals surface area contributed by atoms with Gasteiger partial charge in [-0.15, -0.1) is 0 Å². The molecule has 0 bridgehead atoms. The van der Waals surface area contributed by atoms with Crippen LogP contribution in [0.4, 0.5) is 16.2 Å². The first kappa shape index (κ1) is 14.9. The highest BCUT2D eigenvalue weighted by molar-refractivity contribution is 6.34. The van der Waals surface area contributed by atoms with Gasteiger partial charge in [0.1, 0.15) is 6.54 Å². The number of aliphatic carboxylic acids is 1. The van der Waals surface area contributed by atoms with Gasteiger partial charge in [-0.1, -0.05) is 23.7 Å². The number of carboxylic acid groups (broad SMARTS) is 1. The average molecular weight is 309 g/mol. The smallest absolute Gasteiger partial charge is 0.325 e. The maximum Gasteiger partial charge on any atom is 0.325 e. The number of hydrogen-bond acceptors (Lipinski definition) is 3. The van der Waals surface area contributed by atoms with E-state index in [2.05, 4.69) is 15.7 Å². The number of carbonyl (C=O) groups excluding carboxylic acids is 1. The van der Waals surface area contributed by atoms with Gasteiger partial charge in [0.15, 0.2) is 0 Å². The number of aryl methyl sites for hydroxylation is 1. The molecule has 0 saturated heterocycles. The number of carboxylic acids is 1. The van der Waals surface area contributed by atoms with E-state index in [1.165, 1.54) is 17.1 Å². The molecule has 1 aromatic heterocycles. The van der Waals surface area contributed by atoms with Crippen molar-refractivity contribution in [3.8, 4) is 0 Å². The van der Waals surface area contributed by atoms with Crippen LogP contribution in [-0.2, 0) is 11.3 Å². The first-order valence-corrected chi connectivity index (χ1v) is 6.41. The molecule has 0 unspecified atom stereocenters. The fourth-order valence-electron chi connectivity index (χ4n) is 1.72. The van der Waals surface area contributed by atoms with Gasteiger partial charge in [0, 0.05) is 6.20 Å². The van der Waals surface area contributed by atoms with Gasteiger partial charge in [-0.25, -0.2) is 4.79 Å². The number of benzene rings is 1. The molecule has 110 valence electrons. The minimum Gasteiger partial charge on any atom is -0.480 e. The van der Waals surface area contributed by atoms with E-state index in [1.807, 2.05) is 13.0 Å². The van der Waals surface area contributed by atoms with E-state index in [0.717, 1.165) is 5.56 Å². The highest BCUT2D eigenvalue weighted by atomic mass is 35.5. The number of nitrogens with zero attached hydrogens (tertiary/aromatic N) is 2. The predicted octanol–water partition coefficient (Wildman–Crippen LogP) is 2.57. The normalized spacial score (nSPS) is 10.2. The van der Waals surface area contributed by atoms with Crippen molar-refractivity contribution in [2.24, 2.45) is 0 Å². The molecule has 1 heterocycles. The Morgan fingerprint density at radius 1 is 1.38 bits per heavy atom. The van der Waals surface area contributed by atoms with E-state index in [4.69, 9.17) is 16.7 Å². The van der Waals surface area contributed by atoms with Crippen LogP contribution >= 0.6 is 11.6 Å². The highest BCUT2D eigenvalue weighted by Crippen LogP contribution is 2.25. The Hall–Kier alpha value is -2.54. The van der Waals surface area contributed by atoms with E-state index in [-0.39, 0.29) is 6.54 Å². The average Bonchev–Trinajstić information content (AvgIpc) is 2.80. The van der Waals surface area contributed by atoms with E-state index in [1.54, 1.807) is 12.1 Å². The molecule has 0 radical (unpaired) electrons. The molecule has 2 amide bonds. The van der Waals surface area contributed by atoms with E-state index in [0.29, 0.717) is 16.4 Å². The molecule has 7 nitrogen and oxygen atoms in total. The molecule has 0 atom stereocenters. The molecule has 0 saturated carbocycles. The largest absolute Gasteiger partial charge is 0.480 e. The summed E-state index contributed by atoms with van der Waals surface area (Å²) in [5.74, 6) is -1.01. The van der Waals surface area contributed by atoms with Gasteiger partial charge in [-0.3, -0.25) is 9.48 Å². The third kappa shape index (κ3) is 3.96. The van der Waals surface area contributed by atoms with Crippen LogP contribution < -0.4 is 10.6 Å². The Kier molecular flexibility index (Phi) is 4.44. The molecule has 0 aliphatic heterocycles. The number of nitrogens with one attached hydrogen (secondary N) is 2. The second-order valence-corrected chi connectivity index (χ2v) is 4.74. The topological polar surface area (TPSA) is 96.3 Å². The van der Waals surface area contributed by atoms with Crippen molar-refractivity contribution in [3.05, 3.63) is 41.2 Å². The third-order valence-corrected chi connectivity index (χ3v) is 2.96. The minimum absolute atomic E-state index is 0.271. The molecule has 2 rings (SSSR count). The van der Waals surface area contributed by atoms with Gasteiger partial charge in [0.05, 0.1) is 22.6 Å². The first-order valence-electron chi connectivity index (χ1n) is 6.03. The van der Waals surface area contributed by atoms with Crippen LogP contribution in [0.5, 0.6) is 0 Å². The first-order chi connectivity index (χ1) is 9.95. The van der Waals surface area contributed by atoms with Crippen molar-refractivity contribution in [2.75, 3.05) is 10.6 Å². The summed E-state index contributed by atoms with van der Waals surface area (Å²) < 4.78 is 1.21. The summed E-state index contributed by atoms with van der Waals surface area (Å²) in [5, 5.41) is 18.1. The number of para-hydroxylation sites is 1. The lowest BCUT2D eigenvalue weighted by molar-refractivity contribution is -0.137. The molecule has 0 spiro atoms. The fourth-order valence-corrected chi connectivity index (χ4v) is 1.99. The monoisotopic (exact) mass is 308 g/mol. The summed E-state index contributed by atoms with van der Waals surface area (Å²) in [7, 11) is 0. The Bertz CT molecular complexity index is 664. The zero-order chi connectivity index (χ0) is 15.4. The molecular formula is C13H13ClN4O3. The highest BCUT2D eigenvalue weighted by Gasteiger charge is 2.10. The van der Waals surface area contributed by atoms with Gasteiger partial charge in [0.25, 0.3) is 0 Å². The van der Waals surface area contributed by atoms with Gasteiger partial charge in [0.2, 0.25) is 0 Å². The Balaban J connectivity index is 2.02. The van der Waals surface area contributed by atoms with Crippen molar-refractivity contribution in [1.29, 1.82) is 0 Å². The number of aromatic nitrogens is 2. The molecule has 8 heteroatoms. The van der Waals surface area contributed by atoms with Gasteiger partial charge in [-0.2, -0.15) is 5.10 Å². The fraction of sp³-hybridized carbons (Fsp3) is 0.154. The summed E-state index contributed by atoms with van der Waals surface area (Å²) >= 11 is 6.01. The van der Waals surface area contributed by atoms with Crippen molar-refractivity contribution in [1.82, 2.24) is 9.78 Å². The van der Waals surface area contributed by atoms with Crippen LogP contribution in [0.1, 0.15) is 5.56 Å². The number of anilines is 2. The van der Waals surface area contributed by atoms with Crippen molar-refractivity contribution >= 4 is 35.0 Å². The summed E-state index contributed by atoms with van der Waals surface area (Å²) in [6.07, 6.45) is 2.79.